The molecule has 0 bridgehead atoms. The van der Waals surface area contributed by atoms with Crippen molar-refractivity contribution in [2.75, 3.05) is 6.61 Å². The van der Waals surface area contributed by atoms with Gasteiger partial charge in [0.25, 0.3) is 0 Å². The van der Waals surface area contributed by atoms with Crippen LogP contribution < -0.4 is 9.47 Å². The fourth-order valence-corrected chi connectivity index (χ4v) is 2.37. The number of ether oxygens (including phenoxy) is 2. The van der Waals surface area contributed by atoms with Gasteiger partial charge in [0, 0.05) is 24.1 Å². The second-order valence-electron chi connectivity index (χ2n) is 5.16. The topological polar surface area (TPSA) is 55.8 Å². The van der Waals surface area contributed by atoms with Crippen molar-refractivity contribution in [1.82, 2.24) is 0 Å². The molecular weight excluding hydrogens is 256 g/mol. The standard InChI is InChI=1S/C16H22O4/c1-2-3-4-5-8-16(18)20-15-11-12(17)10-14-13(15)7-6-9-19-14/h10-11,17H,2-9H2,1H3. The van der Waals surface area contributed by atoms with Gasteiger partial charge in [0.05, 0.1) is 6.61 Å². The molecule has 0 saturated heterocycles. The number of phenolic OH excluding ortho intramolecular Hbond substituents is 1. The Balaban J connectivity index is 1.98. The first-order chi connectivity index (χ1) is 9.70. The summed E-state index contributed by atoms with van der Waals surface area (Å²) in [5.74, 6) is 0.907. The predicted molar refractivity (Wildman–Crippen MR) is 76.3 cm³/mol. The number of fused-ring (bicyclic) bond motifs is 1. The first kappa shape index (κ1) is 14.7. The molecule has 20 heavy (non-hydrogen) atoms. The van der Waals surface area contributed by atoms with Gasteiger partial charge in [0.15, 0.2) is 0 Å². The highest BCUT2D eigenvalue weighted by Crippen LogP contribution is 2.37. The highest BCUT2D eigenvalue weighted by atomic mass is 16.5. The summed E-state index contributed by atoms with van der Waals surface area (Å²) in [6.07, 6.45) is 6.32. The van der Waals surface area contributed by atoms with Crippen LogP contribution in [0.1, 0.15) is 51.0 Å². The average molecular weight is 278 g/mol. The number of unbranched alkanes of at least 4 members (excludes halogenated alkanes) is 3. The third-order valence-electron chi connectivity index (χ3n) is 3.44. The monoisotopic (exact) mass is 278 g/mol. The van der Waals surface area contributed by atoms with Crippen LogP contribution in [0.5, 0.6) is 17.2 Å². The summed E-state index contributed by atoms with van der Waals surface area (Å²) in [5, 5.41) is 9.66. The molecular formula is C16H22O4. The van der Waals surface area contributed by atoms with E-state index in [0.717, 1.165) is 44.1 Å². The predicted octanol–water partition coefficient (Wildman–Crippen LogP) is 3.59. The maximum atomic E-state index is 11.8. The van der Waals surface area contributed by atoms with Gasteiger partial charge in [-0.05, 0) is 19.3 Å². The maximum absolute atomic E-state index is 11.8. The lowest BCUT2D eigenvalue weighted by atomic mass is 10.0. The van der Waals surface area contributed by atoms with Crippen molar-refractivity contribution < 1.29 is 19.4 Å². The zero-order chi connectivity index (χ0) is 14.4. The van der Waals surface area contributed by atoms with E-state index in [1.165, 1.54) is 6.07 Å². The van der Waals surface area contributed by atoms with Crippen molar-refractivity contribution in [2.24, 2.45) is 0 Å². The Morgan fingerprint density at radius 2 is 2.20 bits per heavy atom. The molecule has 1 N–H and O–H groups in total. The number of hydrogen-bond acceptors (Lipinski definition) is 4. The molecule has 0 amide bonds. The minimum Gasteiger partial charge on any atom is -0.508 e. The number of benzene rings is 1. The Morgan fingerprint density at radius 1 is 1.35 bits per heavy atom. The Bertz CT molecular complexity index is 468. The van der Waals surface area contributed by atoms with E-state index in [-0.39, 0.29) is 11.7 Å². The number of carbonyl (C=O) groups is 1. The number of hydrogen-bond donors (Lipinski definition) is 1. The van der Waals surface area contributed by atoms with Gasteiger partial charge in [-0.15, -0.1) is 0 Å². The number of aromatic hydroxyl groups is 1. The smallest absolute Gasteiger partial charge is 0.311 e. The molecule has 4 heteroatoms. The first-order valence-corrected chi connectivity index (χ1v) is 7.40. The van der Waals surface area contributed by atoms with Crippen molar-refractivity contribution in [3.05, 3.63) is 17.7 Å². The average Bonchev–Trinajstić information content (AvgIpc) is 2.43. The Kier molecular flexibility index (Phi) is 5.27. The molecule has 0 radical (unpaired) electrons. The van der Waals surface area contributed by atoms with Gasteiger partial charge in [0.1, 0.15) is 17.2 Å². The van der Waals surface area contributed by atoms with Crippen molar-refractivity contribution in [3.63, 3.8) is 0 Å². The fraction of sp³-hybridized carbons (Fsp3) is 0.562. The van der Waals surface area contributed by atoms with E-state index < -0.39 is 0 Å². The largest absolute Gasteiger partial charge is 0.508 e. The summed E-state index contributed by atoms with van der Waals surface area (Å²) >= 11 is 0. The van der Waals surface area contributed by atoms with E-state index in [9.17, 15) is 9.90 Å². The van der Waals surface area contributed by atoms with Gasteiger partial charge in [0.2, 0.25) is 0 Å². The molecule has 1 aromatic rings. The van der Waals surface area contributed by atoms with Gasteiger partial charge < -0.3 is 14.6 Å². The summed E-state index contributed by atoms with van der Waals surface area (Å²) in [5.41, 5.74) is 0.885. The minimum atomic E-state index is -0.237. The third-order valence-corrected chi connectivity index (χ3v) is 3.44. The molecule has 2 rings (SSSR count). The van der Waals surface area contributed by atoms with Crippen LogP contribution in [0.25, 0.3) is 0 Å². The van der Waals surface area contributed by atoms with E-state index in [4.69, 9.17) is 9.47 Å². The van der Waals surface area contributed by atoms with Crippen LogP contribution in [0.4, 0.5) is 0 Å². The number of esters is 1. The summed E-state index contributed by atoms with van der Waals surface area (Å²) in [6, 6.07) is 3.07. The van der Waals surface area contributed by atoms with Gasteiger partial charge >= 0.3 is 5.97 Å². The number of rotatable bonds is 6. The molecule has 0 unspecified atom stereocenters. The van der Waals surface area contributed by atoms with Crippen molar-refractivity contribution in [1.29, 1.82) is 0 Å². The summed E-state index contributed by atoms with van der Waals surface area (Å²) in [4.78, 5) is 11.8. The lowest BCUT2D eigenvalue weighted by molar-refractivity contribution is -0.134. The first-order valence-electron chi connectivity index (χ1n) is 7.40. The second kappa shape index (κ2) is 7.17. The molecule has 0 aliphatic carbocycles. The Hall–Kier alpha value is -1.71. The Morgan fingerprint density at radius 3 is 3.00 bits per heavy atom. The molecule has 0 aromatic heterocycles. The zero-order valence-electron chi connectivity index (χ0n) is 12.0. The van der Waals surface area contributed by atoms with Gasteiger partial charge in [-0.3, -0.25) is 4.79 Å². The van der Waals surface area contributed by atoms with E-state index in [0.29, 0.717) is 24.5 Å². The maximum Gasteiger partial charge on any atom is 0.311 e. The molecule has 0 atom stereocenters. The molecule has 1 aliphatic rings. The van der Waals surface area contributed by atoms with Crippen LogP contribution in [0.2, 0.25) is 0 Å². The van der Waals surface area contributed by atoms with Crippen LogP contribution in [0, 0.1) is 0 Å². The molecule has 0 saturated carbocycles. The van der Waals surface area contributed by atoms with Crippen LogP contribution in [0.3, 0.4) is 0 Å². The van der Waals surface area contributed by atoms with E-state index in [1.54, 1.807) is 6.07 Å². The number of carbonyl (C=O) groups excluding carboxylic acids is 1. The van der Waals surface area contributed by atoms with Crippen LogP contribution in [-0.2, 0) is 11.2 Å². The molecule has 4 nitrogen and oxygen atoms in total. The van der Waals surface area contributed by atoms with Crippen molar-refractivity contribution in [2.45, 2.75) is 51.9 Å². The van der Waals surface area contributed by atoms with Crippen molar-refractivity contribution in [3.8, 4) is 17.2 Å². The van der Waals surface area contributed by atoms with E-state index in [1.807, 2.05) is 0 Å². The van der Waals surface area contributed by atoms with Crippen molar-refractivity contribution >= 4 is 5.97 Å². The molecule has 1 heterocycles. The second-order valence-corrected chi connectivity index (χ2v) is 5.16. The van der Waals surface area contributed by atoms with Crippen LogP contribution in [0.15, 0.2) is 12.1 Å². The quantitative estimate of drug-likeness (QED) is 0.491. The number of phenols is 1. The van der Waals surface area contributed by atoms with E-state index in [2.05, 4.69) is 6.92 Å². The molecule has 110 valence electrons. The summed E-state index contributed by atoms with van der Waals surface area (Å²) in [7, 11) is 0. The minimum absolute atomic E-state index is 0.0689. The zero-order valence-corrected chi connectivity index (χ0v) is 12.0. The lowest BCUT2D eigenvalue weighted by Gasteiger charge is -2.20. The van der Waals surface area contributed by atoms with Gasteiger partial charge in [-0.1, -0.05) is 26.2 Å². The lowest BCUT2D eigenvalue weighted by Crippen LogP contribution is -2.13. The fourth-order valence-electron chi connectivity index (χ4n) is 2.37. The summed E-state index contributed by atoms with van der Waals surface area (Å²) < 4.78 is 10.9. The van der Waals surface area contributed by atoms with E-state index >= 15 is 0 Å². The Labute approximate surface area is 119 Å². The SMILES string of the molecule is CCCCCCC(=O)Oc1cc(O)cc2c1CCCO2. The highest BCUT2D eigenvalue weighted by Gasteiger charge is 2.19. The molecule has 1 aromatic carbocycles. The molecule has 0 spiro atoms. The normalized spacial score (nSPS) is 13.4. The summed E-state index contributed by atoms with van der Waals surface area (Å²) in [6.45, 7) is 2.78. The van der Waals surface area contributed by atoms with Crippen LogP contribution in [-0.4, -0.2) is 17.7 Å². The highest BCUT2D eigenvalue weighted by molar-refractivity contribution is 5.73. The van der Waals surface area contributed by atoms with Gasteiger partial charge in [-0.2, -0.15) is 0 Å². The third kappa shape index (κ3) is 3.89. The molecule has 1 aliphatic heterocycles. The van der Waals surface area contributed by atoms with Gasteiger partial charge in [-0.25, -0.2) is 0 Å². The van der Waals surface area contributed by atoms with Crippen LogP contribution >= 0.6 is 0 Å². The molecule has 0 fully saturated rings.